The minimum absolute atomic E-state index is 0.133. The minimum Gasteiger partial charge on any atom is -0.388 e. The van der Waals surface area contributed by atoms with Crippen molar-refractivity contribution in [1.29, 1.82) is 0 Å². The number of likely N-dealkylation sites (tertiary alicyclic amines) is 1. The van der Waals surface area contributed by atoms with Crippen LogP contribution in [0.4, 0.5) is 11.4 Å². The number of nitro benzene ring substituents is 1. The number of amides is 1. The van der Waals surface area contributed by atoms with Gasteiger partial charge in [-0.15, -0.1) is 0 Å². The van der Waals surface area contributed by atoms with E-state index in [-0.39, 0.29) is 17.2 Å². The van der Waals surface area contributed by atoms with Gasteiger partial charge in [-0.3, -0.25) is 14.9 Å². The zero-order valence-corrected chi connectivity index (χ0v) is 10.2. The summed E-state index contributed by atoms with van der Waals surface area (Å²) in [7, 11) is 1.71. The summed E-state index contributed by atoms with van der Waals surface area (Å²) >= 11 is 0. The summed E-state index contributed by atoms with van der Waals surface area (Å²) in [6.45, 7) is 1.36. The minimum atomic E-state index is -0.511. The number of nitrogens with one attached hydrogen (secondary N) is 1. The van der Waals surface area contributed by atoms with E-state index in [1.54, 1.807) is 24.1 Å². The molecule has 1 aliphatic heterocycles. The summed E-state index contributed by atoms with van der Waals surface area (Å²) in [6.07, 6.45) is 1.93. The second-order valence-electron chi connectivity index (χ2n) is 4.24. The third-order valence-corrected chi connectivity index (χ3v) is 3.11. The fraction of sp³-hybridized carbons (Fsp3) is 0.417. The van der Waals surface area contributed by atoms with Crippen LogP contribution in [-0.2, 0) is 0 Å². The molecule has 2 rings (SSSR count). The van der Waals surface area contributed by atoms with Gasteiger partial charge in [0.2, 0.25) is 0 Å². The molecular weight excluding hydrogens is 234 g/mol. The number of nitro groups is 1. The summed E-state index contributed by atoms with van der Waals surface area (Å²) in [4.78, 5) is 24.3. The molecule has 0 spiro atoms. The van der Waals surface area contributed by atoms with E-state index >= 15 is 0 Å². The second-order valence-corrected chi connectivity index (χ2v) is 4.24. The zero-order chi connectivity index (χ0) is 13.1. The largest absolute Gasteiger partial charge is 0.388 e. The van der Waals surface area contributed by atoms with Crippen molar-refractivity contribution in [2.75, 3.05) is 25.5 Å². The lowest BCUT2D eigenvalue weighted by Crippen LogP contribution is -2.28. The van der Waals surface area contributed by atoms with Crippen LogP contribution in [0.25, 0.3) is 0 Å². The molecule has 0 radical (unpaired) electrons. The summed E-state index contributed by atoms with van der Waals surface area (Å²) < 4.78 is 0. The smallest absolute Gasteiger partial charge is 0.282 e. The average Bonchev–Trinajstić information content (AvgIpc) is 2.90. The summed E-state index contributed by atoms with van der Waals surface area (Å²) in [6, 6.07) is 4.51. The van der Waals surface area contributed by atoms with Crippen molar-refractivity contribution in [2.24, 2.45) is 0 Å². The monoisotopic (exact) mass is 249 g/mol. The Bertz CT molecular complexity index is 481. The molecule has 0 atom stereocenters. The fourth-order valence-electron chi connectivity index (χ4n) is 2.11. The van der Waals surface area contributed by atoms with Gasteiger partial charge in [0.15, 0.2) is 0 Å². The van der Waals surface area contributed by atoms with Crippen LogP contribution in [0.5, 0.6) is 0 Å². The first kappa shape index (κ1) is 12.3. The number of nitrogens with zero attached hydrogens (tertiary/aromatic N) is 2. The highest BCUT2D eigenvalue weighted by atomic mass is 16.6. The zero-order valence-electron chi connectivity index (χ0n) is 10.2. The van der Waals surface area contributed by atoms with Crippen LogP contribution < -0.4 is 5.32 Å². The number of anilines is 1. The highest BCUT2D eigenvalue weighted by Gasteiger charge is 2.26. The Morgan fingerprint density at radius 2 is 2.06 bits per heavy atom. The standard InChI is InChI=1S/C12H15N3O3/c1-13-9-4-5-11(15(17)18)10(8-9)12(16)14-6-2-3-7-14/h4-5,8,13H,2-3,6-7H2,1H3. The molecule has 0 saturated carbocycles. The highest BCUT2D eigenvalue weighted by molar-refractivity contribution is 5.99. The van der Waals surface area contributed by atoms with Crippen molar-refractivity contribution in [3.63, 3.8) is 0 Å². The molecule has 1 N–H and O–H groups in total. The van der Waals surface area contributed by atoms with Crippen molar-refractivity contribution in [3.8, 4) is 0 Å². The van der Waals surface area contributed by atoms with E-state index in [0.29, 0.717) is 18.8 Å². The molecule has 1 fully saturated rings. The molecule has 0 aliphatic carbocycles. The van der Waals surface area contributed by atoms with E-state index in [2.05, 4.69) is 5.32 Å². The van der Waals surface area contributed by atoms with E-state index in [9.17, 15) is 14.9 Å². The Balaban J connectivity index is 2.39. The van der Waals surface area contributed by atoms with Crippen molar-refractivity contribution in [3.05, 3.63) is 33.9 Å². The van der Waals surface area contributed by atoms with E-state index in [1.165, 1.54) is 6.07 Å². The molecule has 6 heteroatoms. The summed E-state index contributed by atoms with van der Waals surface area (Å²) in [5, 5.41) is 13.8. The topological polar surface area (TPSA) is 75.5 Å². The molecule has 18 heavy (non-hydrogen) atoms. The average molecular weight is 249 g/mol. The Hall–Kier alpha value is -2.11. The van der Waals surface area contributed by atoms with Crippen LogP contribution >= 0.6 is 0 Å². The normalized spacial score (nSPS) is 14.6. The third kappa shape index (κ3) is 2.27. The molecule has 0 unspecified atom stereocenters. The van der Waals surface area contributed by atoms with Gasteiger partial charge in [-0.05, 0) is 25.0 Å². The van der Waals surface area contributed by atoms with Gasteiger partial charge >= 0.3 is 0 Å². The number of hydrogen-bond acceptors (Lipinski definition) is 4. The van der Waals surface area contributed by atoms with Crippen LogP contribution in [-0.4, -0.2) is 35.9 Å². The first-order valence-corrected chi connectivity index (χ1v) is 5.89. The molecule has 1 saturated heterocycles. The van der Waals surface area contributed by atoms with Gasteiger partial charge in [-0.1, -0.05) is 0 Å². The molecule has 96 valence electrons. The van der Waals surface area contributed by atoms with Crippen molar-refractivity contribution in [1.82, 2.24) is 4.90 Å². The van der Waals surface area contributed by atoms with Gasteiger partial charge in [-0.25, -0.2) is 0 Å². The first-order chi connectivity index (χ1) is 8.63. The van der Waals surface area contributed by atoms with Crippen molar-refractivity contribution in [2.45, 2.75) is 12.8 Å². The van der Waals surface area contributed by atoms with Gasteiger partial charge in [0.05, 0.1) is 4.92 Å². The first-order valence-electron chi connectivity index (χ1n) is 5.89. The predicted octanol–water partition coefficient (Wildman–Crippen LogP) is 1.87. The SMILES string of the molecule is CNc1ccc([N+](=O)[O-])c(C(=O)N2CCCC2)c1. The lowest BCUT2D eigenvalue weighted by atomic mass is 10.1. The Morgan fingerprint density at radius 1 is 1.39 bits per heavy atom. The van der Waals surface area contributed by atoms with Gasteiger partial charge in [-0.2, -0.15) is 0 Å². The van der Waals surface area contributed by atoms with Crippen LogP contribution in [0.3, 0.4) is 0 Å². The molecule has 6 nitrogen and oxygen atoms in total. The fourth-order valence-corrected chi connectivity index (χ4v) is 2.11. The van der Waals surface area contributed by atoms with Crippen LogP contribution in [0.15, 0.2) is 18.2 Å². The number of rotatable bonds is 3. The summed E-state index contributed by atoms with van der Waals surface area (Å²) in [5.41, 5.74) is 0.725. The van der Waals surface area contributed by atoms with E-state index in [0.717, 1.165) is 12.8 Å². The summed E-state index contributed by atoms with van der Waals surface area (Å²) in [5.74, 6) is -0.253. The second kappa shape index (κ2) is 5.03. The molecule has 1 heterocycles. The highest BCUT2D eigenvalue weighted by Crippen LogP contribution is 2.25. The number of benzene rings is 1. The Kier molecular flexibility index (Phi) is 3.45. The van der Waals surface area contributed by atoms with Gasteiger partial charge < -0.3 is 10.2 Å². The molecule has 0 bridgehead atoms. The maximum atomic E-state index is 12.2. The van der Waals surface area contributed by atoms with Crippen LogP contribution in [0, 0.1) is 10.1 Å². The quantitative estimate of drug-likeness (QED) is 0.655. The number of carbonyl (C=O) groups excluding carboxylic acids is 1. The van der Waals surface area contributed by atoms with E-state index in [1.807, 2.05) is 0 Å². The van der Waals surface area contributed by atoms with Crippen molar-refractivity contribution >= 4 is 17.3 Å². The molecule has 1 aromatic rings. The Labute approximate surface area is 105 Å². The number of hydrogen-bond donors (Lipinski definition) is 1. The lowest BCUT2D eigenvalue weighted by Gasteiger charge is -2.15. The van der Waals surface area contributed by atoms with E-state index < -0.39 is 4.92 Å². The van der Waals surface area contributed by atoms with Gasteiger partial charge in [0, 0.05) is 31.9 Å². The molecule has 0 aromatic heterocycles. The maximum absolute atomic E-state index is 12.2. The van der Waals surface area contributed by atoms with Crippen LogP contribution in [0.2, 0.25) is 0 Å². The maximum Gasteiger partial charge on any atom is 0.282 e. The van der Waals surface area contributed by atoms with Crippen LogP contribution in [0.1, 0.15) is 23.2 Å². The molecule has 1 amide bonds. The number of carbonyl (C=O) groups is 1. The van der Waals surface area contributed by atoms with Crippen molar-refractivity contribution < 1.29 is 9.72 Å². The van der Waals surface area contributed by atoms with Gasteiger partial charge in [0.25, 0.3) is 11.6 Å². The molecular formula is C12H15N3O3. The molecule has 1 aromatic carbocycles. The van der Waals surface area contributed by atoms with Gasteiger partial charge in [0.1, 0.15) is 5.56 Å². The predicted molar refractivity (Wildman–Crippen MR) is 67.8 cm³/mol. The Morgan fingerprint density at radius 3 is 2.61 bits per heavy atom. The lowest BCUT2D eigenvalue weighted by molar-refractivity contribution is -0.385. The molecule has 1 aliphatic rings. The third-order valence-electron chi connectivity index (χ3n) is 3.11. The van der Waals surface area contributed by atoms with E-state index in [4.69, 9.17) is 0 Å².